The van der Waals surface area contributed by atoms with Crippen molar-refractivity contribution in [3.63, 3.8) is 0 Å². The van der Waals surface area contributed by atoms with Crippen molar-refractivity contribution in [3.05, 3.63) is 29.8 Å². The van der Waals surface area contributed by atoms with Crippen LogP contribution in [-0.4, -0.2) is 30.9 Å². The number of aryl methyl sites for hydroxylation is 1. The highest BCUT2D eigenvalue weighted by Gasteiger charge is 2.44. The van der Waals surface area contributed by atoms with Gasteiger partial charge in [-0.1, -0.05) is 17.7 Å². The van der Waals surface area contributed by atoms with Crippen molar-refractivity contribution in [2.24, 2.45) is 0 Å². The average Bonchev–Trinajstić information content (AvgIpc) is 2.68. The third-order valence-electron chi connectivity index (χ3n) is 3.84. The van der Waals surface area contributed by atoms with E-state index in [2.05, 4.69) is 0 Å². The summed E-state index contributed by atoms with van der Waals surface area (Å²) in [7, 11) is 0. The van der Waals surface area contributed by atoms with Crippen LogP contribution in [0.2, 0.25) is 0 Å². The maximum Gasteiger partial charge on any atom is 0.292 e. The molecule has 0 aliphatic carbocycles. The van der Waals surface area contributed by atoms with Crippen molar-refractivity contribution >= 4 is 17.5 Å². The smallest absolute Gasteiger partial charge is 0.292 e. The minimum Gasteiger partial charge on any atom is -0.325 e. The van der Waals surface area contributed by atoms with E-state index in [1.54, 1.807) is 0 Å². The second-order valence-electron chi connectivity index (χ2n) is 5.03. The van der Waals surface area contributed by atoms with Crippen molar-refractivity contribution in [3.8, 4) is 0 Å². The summed E-state index contributed by atoms with van der Waals surface area (Å²) < 4.78 is 0. The minimum atomic E-state index is -0.219. The lowest BCUT2D eigenvalue weighted by Crippen LogP contribution is -3.16. The van der Waals surface area contributed by atoms with Crippen LogP contribution in [0.1, 0.15) is 25.8 Å². The van der Waals surface area contributed by atoms with Crippen LogP contribution in [0.4, 0.5) is 5.69 Å². The van der Waals surface area contributed by atoms with Gasteiger partial charge in [0.05, 0.1) is 25.2 Å². The lowest BCUT2D eigenvalue weighted by atomic mass is 10.2. The zero-order valence-electron chi connectivity index (χ0n) is 11.8. The van der Waals surface area contributed by atoms with Gasteiger partial charge in [0.15, 0.2) is 6.04 Å². The van der Waals surface area contributed by atoms with E-state index in [9.17, 15) is 9.59 Å². The maximum atomic E-state index is 12.4. The molecular formula is C15H21N2O2+. The van der Waals surface area contributed by atoms with Crippen molar-refractivity contribution in [2.75, 3.05) is 18.0 Å². The number of hydrogen-bond donors (Lipinski definition) is 1. The van der Waals surface area contributed by atoms with Gasteiger partial charge in [0.1, 0.15) is 0 Å². The summed E-state index contributed by atoms with van der Waals surface area (Å²) in [6, 6.07) is 7.31. The van der Waals surface area contributed by atoms with E-state index in [4.69, 9.17) is 0 Å². The first kappa shape index (κ1) is 13.7. The van der Waals surface area contributed by atoms with Crippen LogP contribution in [0.25, 0.3) is 0 Å². The third-order valence-corrected chi connectivity index (χ3v) is 3.84. The largest absolute Gasteiger partial charge is 0.325 e. The van der Waals surface area contributed by atoms with Crippen molar-refractivity contribution < 1.29 is 14.5 Å². The van der Waals surface area contributed by atoms with E-state index < -0.39 is 0 Å². The number of benzene rings is 1. The monoisotopic (exact) mass is 261 g/mol. The van der Waals surface area contributed by atoms with Crippen LogP contribution in [0, 0.1) is 6.92 Å². The molecule has 0 spiro atoms. The first-order chi connectivity index (χ1) is 9.08. The summed E-state index contributed by atoms with van der Waals surface area (Å²) >= 11 is 0. The fraction of sp³-hybridized carbons (Fsp3) is 0.467. The molecule has 1 aromatic carbocycles. The molecule has 1 aliphatic heterocycles. The highest BCUT2D eigenvalue weighted by molar-refractivity contribution is 6.21. The molecule has 2 rings (SSSR count). The van der Waals surface area contributed by atoms with Crippen LogP contribution in [0.3, 0.4) is 0 Å². The van der Waals surface area contributed by atoms with Crippen LogP contribution >= 0.6 is 0 Å². The first-order valence-electron chi connectivity index (χ1n) is 6.86. The fourth-order valence-electron chi connectivity index (χ4n) is 2.66. The number of anilines is 1. The summed E-state index contributed by atoms with van der Waals surface area (Å²) in [6.07, 6.45) is 0.323. The van der Waals surface area contributed by atoms with Gasteiger partial charge in [-0.05, 0) is 32.9 Å². The molecule has 0 unspecified atom stereocenters. The summed E-state index contributed by atoms with van der Waals surface area (Å²) in [5.41, 5.74) is 1.81. The molecule has 102 valence electrons. The lowest BCUT2D eigenvalue weighted by molar-refractivity contribution is -0.911. The number of imide groups is 1. The van der Waals surface area contributed by atoms with Gasteiger partial charge in [0.25, 0.3) is 5.91 Å². The van der Waals surface area contributed by atoms with Gasteiger partial charge in [-0.25, -0.2) is 4.90 Å². The van der Waals surface area contributed by atoms with Crippen LogP contribution in [0.15, 0.2) is 24.3 Å². The van der Waals surface area contributed by atoms with Crippen molar-refractivity contribution in [1.82, 2.24) is 0 Å². The van der Waals surface area contributed by atoms with Gasteiger partial charge < -0.3 is 4.90 Å². The molecular weight excluding hydrogens is 240 g/mol. The molecule has 1 fully saturated rings. The number of amides is 2. The van der Waals surface area contributed by atoms with Gasteiger partial charge >= 0.3 is 0 Å². The number of nitrogens with zero attached hydrogens (tertiary/aromatic N) is 1. The van der Waals surface area contributed by atoms with Crippen LogP contribution < -0.4 is 9.80 Å². The molecule has 1 atom stereocenters. The number of carbonyl (C=O) groups excluding carboxylic acids is 2. The predicted molar refractivity (Wildman–Crippen MR) is 74.1 cm³/mol. The predicted octanol–water partition coefficient (Wildman–Crippen LogP) is 0.552. The maximum absolute atomic E-state index is 12.4. The molecule has 4 nitrogen and oxygen atoms in total. The van der Waals surface area contributed by atoms with E-state index in [-0.39, 0.29) is 17.9 Å². The molecule has 0 radical (unpaired) electrons. The van der Waals surface area contributed by atoms with Crippen molar-refractivity contribution in [2.45, 2.75) is 33.2 Å². The molecule has 1 N–H and O–H groups in total. The van der Waals surface area contributed by atoms with Gasteiger partial charge in [-0.3, -0.25) is 9.59 Å². The van der Waals surface area contributed by atoms with E-state index in [0.29, 0.717) is 12.1 Å². The zero-order chi connectivity index (χ0) is 14.0. The van der Waals surface area contributed by atoms with Crippen LogP contribution in [0.5, 0.6) is 0 Å². The highest BCUT2D eigenvalue weighted by atomic mass is 16.2. The summed E-state index contributed by atoms with van der Waals surface area (Å²) in [4.78, 5) is 27.1. The van der Waals surface area contributed by atoms with Gasteiger partial charge in [-0.2, -0.15) is 0 Å². The molecule has 2 amide bonds. The Labute approximate surface area is 114 Å². The quantitative estimate of drug-likeness (QED) is 0.804. The molecule has 4 heteroatoms. The van der Waals surface area contributed by atoms with Gasteiger partial charge in [-0.15, -0.1) is 0 Å². The Hall–Kier alpha value is -1.68. The Morgan fingerprint density at radius 3 is 2.26 bits per heavy atom. The second kappa shape index (κ2) is 5.53. The number of carbonyl (C=O) groups is 2. The second-order valence-corrected chi connectivity index (χ2v) is 5.03. The molecule has 0 bridgehead atoms. The Morgan fingerprint density at radius 1 is 1.16 bits per heavy atom. The number of hydrogen-bond acceptors (Lipinski definition) is 2. The summed E-state index contributed by atoms with van der Waals surface area (Å²) in [5, 5.41) is 0. The number of nitrogens with one attached hydrogen (secondary N) is 1. The average molecular weight is 261 g/mol. The fourth-order valence-corrected chi connectivity index (χ4v) is 2.66. The molecule has 0 saturated carbocycles. The van der Waals surface area contributed by atoms with E-state index in [1.807, 2.05) is 45.0 Å². The summed E-state index contributed by atoms with van der Waals surface area (Å²) in [6.45, 7) is 7.81. The molecule has 1 aromatic rings. The Kier molecular flexibility index (Phi) is 4.00. The number of quaternary nitrogens is 1. The molecule has 1 saturated heterocycles. The summed E-state index contributed by atoms with van der Waals surface area (Å²) in [5.74, 6) is -0.147. The van der Waals surface area contributed by atoms with Crippen LogP contribution in [-0.2, 0) is 9.59 Å². The van der Waals surface area contributed by atoms with E-state index in [0.717, 1.165) is 18.7 Å². The number of likely N-dealkylation sites (N-methyl/N-ethyl adjacent to an activating group) is 1. The Morgan fingerprint density at radius 2 is 1.74 bits per heavy atom. The highest BCUT2D eigenvalue weighted by Crippen LogP contribution is 2.22. The van der Waals surface area contributed by atoms with Gasteiger partial charge in [0.2, 0.25) is 5.91 Å². The topological polar surface area (TPSA) is 41.8 Å². The molecule has 0 aromatic heterocycles. The van der Waals surface area contributed by atoms with E-state index in [1.165, 1.54) is 9.80 Å². The molecule has 1 aliphatic rings. The third kappa shape index (κ3) is 2.54. The Balaban J connectivity index is 2.26. The lowest BCUT2D eigenvalue weighted by Gasteiger charge is -2.21. The zero-order valence-corrected chi connectivity index (χ0v) is 11.8. The first-order valence-corrected chi connectivity index (χ1v) is 6.86. The van der Waals surface area contributed by atoms with E-state index >= 15 is 0 Å². The molecule has 19 heavy (non-hydrogen) atoms. The Bertz CT molecular complexity index is 477. The minimum absolute atomic E-state index is 0.0625. The molecule has 1 heterocycles. The normalized spacial score (nSPS) is 19.6. The SMILES string of the molecule is CC[NH+](CC)[C@@H]1CC(=O)N(c2ccc(C)cc2)C1=O. The van der Waals surface area contributed by atoms with Gasteiger partial charge in [0, 0.05) is 0 Å². The number of rotatable bonds is 4. The van der Waals surface area contributed by atoms with Crippen molar-refractivity contribution in [1.29, 1.82) is 0 Å². The standard InChI is InChI=1S/C15H20N2O2/c1-4-16(5-2)13-10-14(18)17(15(13)19)12-8-6-11(3)7-9-12/h6-9,13H,4-5,10H2,1-3H3/p+1/t13-/m1/s1.